The molecule has 1 aliphatic rings. The largest absolute Gasteiger partial charge is 0.573 e. The standard InChI is InChI=1S/C28H38F3N3O8S2/c1-20(2)16-33(44(39,40)24-11-9-23(10-12-24)42-28(29,30)31)17-26(35)25(15-21-7-5-4-6-8-21)32-27(36)18-34(43(3,37)38)22-13-14-41-19-22/h4-12,20,22,25-26,35H,13-19H2,1-3H3,(H,32,36)/t22-,25-,26+/m0/s1. The first kappa shape index (κ1) is 35.7. The van der Waals surface area contributed by atoms with Crippen molar-refractivity contribution >= 4 is 26.0 Å². The van der Waals surface area contributed by atoms with Gasteiger partial charge < -0.3 is 19.9 Å². The number of rotatable bonds is 15. The fraction of sp³-hybridized carbons (Fsp3) is 0.536. The Balaban J connectivity index is 1.85. The number of carbonyl (C=O) groups is 1. The number of halogens is 3. The summed E-state index contributed by atoms with van der Waals surface area (Å²) in [6, 6.07) is 11.0. The van der Waals surface area contributed by atoms with Crippen molar-refractivity contribution in [2.45, 2.75) is 56.1 Å². The number of benzene rings is 2. The highest BCUT2D eigenvalue weighted by Crippen LogP contribution is 2.26. The van der Waals surface area contributed by atoms with Crippen LogP contribution < -0.4 is 10.1 Å². The lowest BCUT2D eigenvalue weighted by Crippen LogP contribution is -2.54. The molecule has 3 atom stereocenters. The SMILES string of the molecule is CC(C)CN(C[C@@H](O)[C@H](Cc1ccccc1)NC(=O)CN([C@H]1CCOC1)S(C)(=O)=O)S(=O)(=O)c1ccc(OC(F)(F)F)cc1. The number of aliphatic hydroxyl groups excluding tert-OH is 1. The molecule has 0 radical (unpaired) electrons. The molecule has 0 unspecified atom stereocenters. The number of amides is 1. The van der Waals surface area contributed by atoms with Crippen LogP contribution in [0.2, 0.25) is 0 Å². The maximum Gasteiger partial charge on any atom is 0.573 e. The number of nitrogens with one attached hydrogen (secondary N) is 1. The van der Waals surface area contributed by atoms with Crippen LogP contribution in [-0.4, -0.2) is 100 Å². The minimum absolute atomic E-state index is 0.0459. The third-order valence-electron chi connectivity index (χ3n) is 6.80. The molecule has 1 heterocycles. The van der Waals surface area contributed by atoms with Gasteiger partial charge in [0.2, 0.25) is 26.0 Å². The van der Waals surface area contributed by atoms with Crippen LogP contribution in [0.5, 0.6) is 5.75 Å². The molecule has 0 aliphatic carbocycles. The van der Waals surface area contributed by atoms with E-state index < -0.39 is 69.3 Å². The number of nitrogens with zero attached hydrogens (tertiary/aromatic N) is 2. The first-order chi connectivity index (χ1) is 20.5. The van der Waals surface area contributed by atoms with Gasteiger partial charge in [-0.2, -0.15) is 8.61 Å². The maximum atomic E-state index is 13.6. The van der Waals surface area contributed by atoms with Crippen molar-refractivity contribution in [2.75, 3.05) is 39.1 Å². The predicted molar refractivity (Wildman–Crippen MR) is 156 cm³/mol. The fourth-order valence-corrected chi connectivity index (χ4v) is 7.47. The number of sulfonamides is 2. The molecule has 2 N–H and O–H groups in total. The van der Waals surface area contributed by atoms with Crippen molar-refractivity contribution in [3.05, 3.63) is 60.2 Å². The van der Waals surface area contributed by atoms with Gasteiger partial charge in [-0.15, -0.1) is 13.2 Å². The molecular formula is C28H38F3N3O8S2. The fourth-order valence-electron chi connectivity index (χ4n) is 4.79. The lowest BCUT2D eigenvalue weighted by atomic mass is 10.0. The second kappa shape index (κ2) is 15.0. The third-order valence-corrected chi connectivity index (χ3v) is 9.93. The van der Waals surface area contributed by atoms with Crippen LogP contribution in [0.15, 0.2) is 59.5 Å². The van der Waals surface area contributed by atoms with Gasteiger partial charge in [0.05, 0.1) is 42.5 Å². The van der Waals surface area contributed by atoms with Gasteiger partial charge in [-0.1, -0.05) is 44.2 Å². The van der Waals surface area contributed by atoms with Crippen LogP contribution in [-0.2, 0) is 36.0 Å². The topological polar surface area (TPSA) is 143 Å². The van der Waals surface area contributed by atoms with Gasteiger partial charge in [0.1, 0.15) is 5.75 Å². The quantitative estimate of drug-likeness (QED) is 0.296. The summed E-state index contributed by atoms with van der Waals surface area (Å²) in [4.78, 5) is 12.9. The molecule has 1 fully saturated rings. The Hall–Kier alpha value is -2.76. The average molecular weight is 666 g/mol. The number of hydrogen-bond donors (Lipinski definition) is 2. The maximum absolute atomic E-state index is 13.6. The molecule has 11 nitrogen and oxygen atoms in total. The molecule has 3 rings (SSSR count). The van der Waals surface area contributed by atoms with E-state index in [4.69, 9.17) is 4.74 Å². The molecule has 1 amide bonds. The summed E-state index contributed by atoms with van der Waals surface area (Å²) in [6.45, 7) is 2.97. The molecule has 0 saturated carbocycles. The summed E-state index contributed by atoms with van der Waals surface area (Å²) in [5.74, 6) is -1.49. The van der Waals surface area contributed by atoms with Gasteiger partial charge in [-0.3, -0.25) is 4.79 Å². The number of ether oxygens (including phenoxy) is 2. The highest BCUT2D eigenvalue weighted by atomic mass is 32.2. The Labute approximate surface area is 256 Å². The van der Waals surface area contributed by atoms with E-state index in [-0.39, 0.29) is 30.4 Å². The second-order valence-electron chi connectivity index (χ2n) is 11.0. The minimum Gasteiger partial charge on any atom is -0.406 e. The van der Waals surface area contributed by atoms with Gasteiger partial charge in [-0.05, 0) is 48.6 Å². The predicted octanol–water partition coefficient (Wildman–Crippen LogP) is 2.37. The van der Waals surface area contributed by atoms with Crippen LogP contribution in [0.1, 0.15) is 25.8 Å². The first-order valence-electron chi connectivity index (χ1n) is 13.9. The van der Waals surface area contributed by atoms with E-state index in [1.165, 1.54) is 0 Å². The highest BCUT2D eigenvalue weighted by Gasteiger charge is 2.35. The molecule has 16 heteroatoms. The second-order valence-corrected chi connectivity index (χ2v) is 14.9. The molecule has 2 aromatic rings. The molecular weight excluding hydrogens is 627 g/mol. The Morgan fingerprint density at radius 3 is 2.23 bits per heavy atom. The molecule has 1 aliphatic heterocycles. The first-order valence-corrected chi connectivity index (χ1v) is 17.2. The van der Waals surface area contributed by atoms with Crippen molar-refractivity contribution in [1.82, 2.24) is 13.9 Å². The van der Waals surface area contributed by atoms with Gasteiger partial charge in [0.25, 0.3) is 0 Å². The Kier molecular flexibility index (Phi) is 12.2. The summed E-state index contributed by atoms with van der Waals surface area (Å²) >= 11 is 0. The zero-order valence-electron chi connectivity index (χ0n) is 24.6. The van der Waals surface area contributed by atoms with Crippen LogP contribution in [0.3, 0.4) is 0 Å². The van der Waals surface area contributed by atoms with Gasteiger partial charge in [0.15, 0.2) is 0 Å². The van der Waals surface area contributed by atoms with Gasteiger partial charge in [-0.25, -0.2) is 16.8 Å². The monoisotopic (exact) mass is 665 g/mol. The van der Waals surface area contributed by atoms with E-state index >= 15 is 0 Å². The molecule has 44 heavy (non-hydrogen) atoms. The lowest BCUT2D eigenvalue weighted by molar-refractivity contribution is -0.274. The van der Waals surface area contributed by atoms with Crippen molar-refractivity contribution < 1.29 is 49.4 Å². The number of hydrogen-bond acceptors (Lipinski definition) is 8. The number of carbonyl (C=O) groups excluding carboxylic acids is 1. The van der Waals surface area contributed by atoms with E-state index in [0.29, 0.717) is 13.0 Å². The Bertz CT molecular complexity index is 1430. The molecule has 0 aromatic heterocycles. The van der Waals surface area contributed by atoms with Crippen molar-refractivity contribution in [3.63, 3.8) is 0 Å². The van der Waals surface area contributed by atoms with Gasteiger partial charge >= 0.3 is 6.36 Å². The van der Waals surface area contributed by atoms with Crippen molar-refractivity contribution in [3.8, 4) is 5.75 Å². The van der Waals surface area contributed by atoms with Crippen LogP contribution in [0.4, 0.5) is 13.2 Å². The molecule has 0 spiro atoms. The van der Waals surface area contributed by atoms with Crippen molar-refractivity contribution in [2.24, 2.45) is 5.92 Å². The van der Waals surface area contributed by atoms with E-state index in [2.05, 4.69) is 10.1 Å². The normalized spacial score (nSPS) is 17.6. The smallest absolute Gasteiger partial charge is 0.406 e. The van der Waals surface area contributed by atoms with E-state index in [1.54, 1.807) is 44.2 Å². The van der Waals surface area contributed by atoms with Crippen molar-refractivity contribution in [1.29, 1.82) is 0 Å². The Morgan fingerprint density at radius 1 is 1.07 bits per heavy atom. The summed E-state index contributed by atoms with van der Waals surface area (Å²) in [5, 5.41) is 14.1. The lowest BCUT2D eigenvalue weighted by Gasteiger charge is -2.31. The average Bonchev–Trinajstić information content (AvgIpc) is 3.44. The Morgan fingerprint density at radius 2 is 1.70 bits per heavy atom. The highest BCUT2D eigenvalue weighted by molar-refractivity contribution is 7.89. The number of alkyl halides is 3. The van der Waals surface area contributed by atoms with Crippen LogP contribution in [0.25, 0.3) is 0 Å². The zero-order chi connectivity index (χ0) is 32.7. The third kappa shape index (κ3) is 10.7. The molecule has 2 aromatic carbocycles. The summed E-state index contributed by atoms with van der Waals surface area (Å²) in [6.07, 6.45) is -4.90. The van der Waals surface area contributed by atoms with Crippen LogP contribution in [0, 0.1) is 5.92 Å². The van der Waals surface area contributed by atoms with Crippen LogP contribution >= 0.6 is 0 Å². The molecule has 0 bridgehead atoms. The van der Waals surface area contributed by atoms with E-state index in [1.807, 2.05) is 0 Å². The number of aliphatic hydroxyl groups is 1. The summed E-state index contributed by atoms with van der Waals surface area (Å²) in [5.41, 5.74) is 0.722. The summed E-state index contributed by atoms with van der Waals surface area (Å²) in [7, 11) is -8.10. The summed E-state index contributed by atoms with van der Waals surface area (Å²) < 4.78 is 101. The van der Waals surface area contributed by atoms with Gasteiger partial charge in [0, 0.05) is 19.7 Å². The molecule has 1 saturated heterocycles. The minimum atomic E-state index is -4.95. The zero-order valence-corrected chi connectivity index (χ0v) is 26.2. The van der Waals surface area contributed by atoms with E-state index in [0.717, 1.165) is 44.7 Å². The van der Waals surface area contributed by atoms with E-state index in [9.17, 15) is 39.9 Å². The molecule has 246 valence electrons.